The molecule has 1 aliphatic heterocycles. The Balaban J connectivity index is 1.55. The highest BCUT2D eigenvalue weighted by Gasteiger charge is 2.29. The molecule has 3 aromatic rings. The molecular formula is C19H21N5S. The molecular weight excluding hydrogens is 330 g/mol. The number of nitrogens with zero attached hydrogens (tertiary/aromatic N) is 3. The SMILES string of the molecule is CCN1CN=C(Nc2ccc3[nH]ncc3c2)c2c1sc1c2CCCC1. The van der Waals surface area contributed by atoms with Crippen LogP contribution >= 0.6 is 11.3 Å². The number of aromatic amines is 1. The molecule has 0 fully saturated rings. The minimum Gasteiger partial charge on any atom is -0.344 e. The number of hydrogen-bond donors (Lipinski definition) is 2. The number of nitrogens with one attached hydrogen (secondary N) is 2. The van der Waals surface area contributed by atoms with E-state index in [-0.39, 0.29) is 0 Å². The third kappa shape index (κ3) is 2.43. The summed E-state index contributed by atoms with van der Waals surface area (Å²) in [6.45, 7) is 3.95. The summed E-state index contributed by atoms with van der Waals surface area (Å²) in [5.74, 6) is 1.03. The van der Waals surface area contributed by atoms with Crippen LogP contribution in [0.5, 0.6) is 0 Å². The van der Waals surface area contributed by atoms with Crippen molar-refractivity contribution in [3.63, 3.8) is 0 Å². The van der Waals surface area contributed by atoms with Crippen molar-refractivity contribution in [2.24, 2.45) is 4.99 Å². The van der Waals surface area contributed by atoms with Crippen LogP contribution in [0.15, 0.2) is 29.4 Å². The summed E-state index contributed by atoms with van der Waals surface area (Å²) in [5.41, 5.74) is 5.00. The van der Waals surface area contributed by atoms with Gasteiger partial charge in [-0.2, -0.15) is 5.10 Å². The largest absolute Gasteiger partial charge is 0.344 e. The van der Waals surface area contributed by atoms with E-state index in [0.717, 1.165) is 35.6 Å². The maximum Gasteiger partial charge on any atom is 0.137 e. The summed E-state index contributed by atoms with van der Waals surface area (Å²) < 4.78 is 0. The molecule has 2 aromatic heterocycles. The number of anilines is 2. The van der Waals surface area contributed by atoms with Gasteiger partial charge in [-0.3, -0.25) is 5.10 Å². The lowest BCUT2D eigenvalue weighted by Gasteiger charge is -2.27. The number of aliphatic imine (C=N–C) groups is 1. The molecule has 5 rings (SSSR count). The number of amidine groups is 1. The predicted octanol–water partition coefficient (Wildman–Crippen LogP) is 4.16. The number of fused-ring (bicyclic) bond motifs is 4. The fourth-order valence-electron chi connectivity index (χ4n) is 3.82. The number of aromatic nitrogens is 2. The minimum atomic E-state index is 0.735. The third-order valence-corrected chi connectivity index (χ3v) is 6.51. The van der Waals surface area contributed by atoms with Crippen molar-refractivity contribution in [2.45, 2.75) is 32.6 Å². The summed E-state index contributed by atoms with van der Waals surface area (Å²) in [4.78, 5) is 8.84. The second-order valence-corrected chi connectivity index (χ2v) is 7.78. The highest BCUT2D eigenvalue weighted by molar-refractivity contribution is 7.16. The highest BCUT2D eigenvalue weighted by Crippen LogP contribution is 2.42. The lowest BCUT2D eigenvalue weighted by molar-refractivity contribution is 0.695. The van der Waals surface area contributed by atoms with Gasteiger partial charge in [-0.1, -0.05) is 0 Å². The highest BCUT2D eigenvalue weighted by atomic mass is 32.1. The van der Waals surface area contributed by atoms with Gasteiger partial charge in [0.05, 0.1) is 17.3 Å². The quantitative estimate of drug-likeness (QED) is 0.729. The monoisotopic (exact) mass is 351 g/mol. The van der Waals surface area contributed by atoms with Gasteiger partial charge in [0.15, 0.2) is 0 Å². The second kappa shape index (κ2) is 5.88. The summed E-state index contributed by atoms with van der Waals surface area (Å²) in [7, 11) is 0. The Kier molecular flexibility index (Phi) is 3.52. The predicted molar refractivity (Wildman–Crippen MR) is 105 cm³/mol. The Bertz CT molecular complexity index is 968. The first-order chi connectivity index (χ1) is 12.3. The summed E-state index contributed by atoms with van der Waals surface area (Å²) in [5, 5.41) is 13.2. The molecule has 128 valence electrons. The first-order valence-electron chi connectivity index (χ1n) is 8.98. The standard InChI is InChI=1S/C19H21N5S/c1-2-24-11-20-18(17-14-5-3-4-6-16(14)25-19(17)24)22-13-7-8-15-12(9-13)10-21-23-15/h7-10H,2-6,11H2,1H3,(H,20,22)(H,21,23). The van der Waals surface area contributed by atoms with E-state index in [2.05, 4.69) is 45.5 Å². The van der Waals surface area contributed by atoms with Crippen LogP contribution in [0, 0.1) is 0 Å². The molecule has 0 saturated carbocycles. The van der Waals surface area contributed by atoms with Gasteiger partial charge in [-0.25, -0.2) is 4.99 Å². The van der Waals surface area contributed by atoms with Crippen molar-refractivity contribution in [3.05, 3.63) is 40.4 Å². The number of aryl methyl sites for hydroxylation is 1. The summed E-state index contributed by atoms with van der Waals surface area (Å²) in [6.07, 6.45) is 6.87. The normalized spacial score (nSPS) is 16.5. The molecule has 25 heavy (non-hydrogen) atoms. The molecule has 0 saturated heterocycles. The molecule has 0 unspecified atom stereocenters. The van der Waals surface area contributed by atoms with E-state index < -0.39 is 0 Å². The first-order valence-corrected chi connectivity index (χ1v) is 9.79. The van der Waals surface area contributed by atoms with Crippen LogP contribution in [-0.2, 0) is 12.8 Å². The molecule has 0 spiro atoms. The Labute approximate surface area is 150 Å². The Morgan fingerprint density at radius 1 is 1.28 bits per heavy atom. The van der Waals surface area contributed by atoms with E-state index in [9.17, 15) is 0 Å². The van der Waals surface area contributed by atoms with E-state index in [1.54, 1.807) is 4.88 Å². The van der Waals surface area contributed by atoms with E-state index >= 15 is 0 Å². The number of hydrogen-bond acceptors (Lipinski definition) is 5. The molecule has 3 heterocycles. The fourth-order valence-corrected chi connectivity index (χ4v) is 5.27. The van der Waals surface area contributed by atoms with E-state index in [0.29, 0.717) is 0 Å². The van der Waals surface area contributed by atoms with Gasteiger partial charge >= 0.3 is 0 Å². The van der Waals surface area contributed by atoms with Crippen LogP contribution in [0.25, 0.3) is 10.9 Å². The zero-order valence-electron chi connectivity index (χ0n) is 14.3. The number of rotatable bonds is 2. The van der Waals surface area contributed by atoms with Gasteiger partial charge in [0.25, 0.3) is 0 Å². The molecule has 0 amide bonds. The molecule has 6 heteroatoms. The fraction of sp³-hybridized carbons (Fsp3) is 0.368. The van der Waals surface area contributed by atoms with Crippen LogP contribution in [0.4, 0.5) is 10.7 Å². The molecule has 2 N–H and O–H groups in total. The van der Waals surface area contributed by atoms with Crippen LogP contribution in [0.1, 0.15) is 35.8 Å². The van der Waals surface area contributed by atoms with Gasteiger partial charge in [0.1, 0.15) is 17.5 Å². The van der Waals surface area contributed by atoms with Crippen LogP contribution in [0.2, 0.25) is 0 Å². The molecule has 0 radical (unpaired) electrons. The Morgan fingerprint density at radius 2 is 2.20 bits per heavy atom. The molecule has 1 aromatic carbocycles. The molecule has 1 aliphatic carbocycles. The van der Waals surface area contributed by atoms with Gasteiger partial charge in [-0.15, -0.1) is 11.3 Å². The second-order valence-electron chi connectivity index (χ2n) is 6.69. The molecule has 0 bridgehead atoms. The molecule has 2 aliphatic rings. The van der Waals surface area contributed by atoms with Crippen LogP contribution < -0.4 is 10.2 Å². The van der Waals surface area contributed by atoms with Gasteiger partial charge in [0.2, 0.25) is 0 Å². The third-order valence-electron chi connectivity index (χ3n) is 5.16. The van der Waals surface area contributed by atoms with Gasteiger partial charge < -0.3 is 10.2 Å². The summed E-state index contributed by atoms with van der Waals surface area (Å²) in [6, 6.07) is 6.29. The average molecular weight is 351 g/mol. The molecule has 5 nitrogen and oxygen atoms in total. The Morgan fingerprint density at radius 3 is 3.12 bits per heavy atom. The van der Waals surface area contributed by atoms with Crippen molar-refractivity contribution in [2.75, 3.05) is 23.4 Å². The van der Waals surface area contributed by atoms with Crippen molar-refractivity contribution in [1.82, 2.24) is 10.2 Å². The topological polar surface area (TPSA) is 56.3 Å². The van der Waals surface area contributed by atoms with Crippen molar-refractivity contribution in [1.29, 1.82) is 0 Å². The smallest absolute Gasteiger partial charge is 0.137 e. The number of H-pyrrole nitrogens is 1. The van der Waals surface area contributed by atoms with Crippen molar-refractivity contribution in [3.8, 4) is 0 Å². The van der Waals surface area contributed by atoms with Crippen LogP contribution in [0.3, 0.4) is 0 Å². The first kappa shape index (κ1) is 15.0. The zero-order valence-corrected chi connectivity index (χ0v) is 15.1. The average Bonchev–Trinajstić information content (AvgIpc) is 3.26. The number of benzene rings is 1. The molecule has 0 atom stereocenters. The van der Waals surface area contributed by atoms with Gasteiger partial charge in [0, 0.05) is 22.5 Å². The van der Waals surface area contributed by atoms with E-state index in [1.165, 1.54) is 41.8 Å². The lowest BCUT2D eigenvalue weighted by atomic mass is 9.94. The maximum absolute atomic E-state index is 4.88. The Hall–Kier alpha value is -2.34. The summed E-state index contributed by atoms with van der Waals surface area (Å²) >= 11 is 1.98. The number of thiophene rings is 1. The van der Waals surface area contributed by atoms with Crippen molar-refractivity contribution < 1.29 is 0 Å². The lowest BCUT2D eigenvalue weighted by Crippen LogP contribution is -2.31. The van der Waals surface area contributed by atoms with E-state index in [1.807, 2.05) is 17.5 Å². The van der Waals surface area contributed by atoms with Crippen LogP contribution in [-0.4, -0.2) is 29.2 Å². The van der Waals surface area contributed by atoms with Gasteiger partial charge in [-0.05, 0) is 56.4 Å². The van der Waals surface area contributed by atoms with Crippen molar-refractivity contribution >= 4 is 38.8 Å². The zero-order chi connectivity index (χ0) is 16.8. The maximum atomic E-state index is 4.88. The minimum absolute atomic E-state index is 0.735. The van der Waals surface area contributed by atoms with E-state index in [4.69, 9.17) is 4.99 Å².